The van der Waals surface area contributed by atoms with Crippen LogP contribution in [0.4, 0.5) is 5.95 Å². The molecule has 4 nitrogen and oxygen atoms in total. The second kappa shape index (κ2) is 3.18. The first-order chi connectivity index (χ1) is 5.20. The third-order valence-electron chi connectivity index (χ3n) is 1.40. The van der Waals surface area contributed by atoms with Crippen molar-refractivity contribution in [2.75, 3.05) is 14.1 Å². The van der Waals surface area contributed by atoms with E-state index in [1.54, 1.807) is 12.4 Å². The average Bonchev–Trinajstić information content (AvgIpc) is 2.39. The van der Waals surface area contributed by atoms with Crippen LogP contribution in [0.2, 0.25) is 0 Å². The number of nitrogens with zero attached hydrogens (tertiary/aromatic N) is 3. The van der Waals surface area contributed by atoms with Gasteiger partial charge in [-0.3, -0.25) is 0 Å². The predicted octanol–water partition coefficient (Wildman–Crippen LogP) is 1.02. The summed E-state index contributed by atoms with van der Waals surface area (Å²) in [6, 6.07) is 0. The van der Waals surface area contributed by atoms with E-state index in [2.05, 4.69) is 15.0 Å². The highest BCUT2D eigenvalue weighted by atomic mass is 15.2. The predicted molar refractivity (Wildman–Crippen MR) is 45.0 cm³/mol. The zero-order valence-electron chi connectivity index (χ0n) is 7.00. The van der Waals surface area contributed by atoms with Gasteiger partial charge in [0.05, 0.1) is 0 Å². The Morgan fingerprint density at radius 1 is 1.64 bits per heavy atom. The zero-order chi connectivity index (χ0) is 8.27. The summed E-state index contributed by atoms with van der Waals surface area (Å²) >= 11 is 0. The van der Waals surface area contributed by atoms with E-state index in [1.807, 2.05) is 25.9 Å². The summed E-state index contributed by atoms with van der Waals surface area (Å²) in [6.45, 7) is 1.93. The van der Waals surface area contributed by atoms with E-state index in [-0.39, 0.29) is 0 Å². The fourth-order valence-corrected chi connectivity index (χ4v) is 0.571. The Kier molecular flexibility index (Phi) is 2.25. The monoisotopic (exact) mass is 152 g/mol. The van der Waals surface area contributed by atoms with Gasteiger partial charge in [-0.2, -0.15) is 0 Å². The van der Waals surface area contributed by atoms with Crippen LogP contribution >= 0.6 is 0 Å². The molecule has 1 aromatic heterocycles. The summed E-state index contributed by atoms with van der Waals surface area (Å²) in [5.41, 5.74) is 0. The Labute approximate surface area is 66.0 Å². The normalized spacial score (nSPS) is 11.7. The molecule has 0 radical (unpaired) electrons. The van der Waals surface area contributed by atoms with Gasteiger partial charge in [0.2, 0.25) is 5.95 Å². The molecule has 0 bridgehead atoms. The number of aliphatic imine (C=N–C) groups is 1. The molecule has 0 saturated carbocycles. The van der Waals surface area contributed by atoms with Crippen LogP contribution in [0.15, 0.2) is 17.4 Å². The first-order valence-corrected chi connectivity index (χ1v) is 3.42. The van der Waals surface area contributed by atoms with E-state index < -0.39 is 0 Å². The third kappa shape index (κ3) is 2.07. The summed E-state index contributed by atoms with van der Waals surface area (Å²) in [6.07, 6.45) is 3.43. The van der Waals surface area contributed by atoms with Gasteiger partial charge in [-0.25, -0.2) is 9.98 Å². The number of aromatic nitrogens is 2. The lowest BCUT2D eigenvalue weighted by atomic mass is 10.6. The van der Waals surface area contributed by atoms with Gasteiger partial charge in [-0.05, 0) is 6.92 Å². The highest BCUT2D eigenvalue weighted by Crippen LogP contribution is 2.01. The average molecular weight is 152 g/mol. The molecule has 1 rings (SSSR count). The van der Waals surface area contributed by atoms with Crippen molar-refractivity contribution in [2.45, 2.75) is 6.92 Å². The van der Waals surface area contributed by atoms with Gasteiger partial charge in [0.15, 0.2) is 0 Å². The van der Waals surface area contributed by atoms with Crippen LogP contribution in [-0.4, -0.2) is 34.8 Å². The largest absolute Gasteiger partial charge is 0.366 e. The quantitative estimate of drug-likeness (QED) is 0.482. The molecule has 0 aliphatic rings. The first kappa shape index (κ1) is 7.78. The van der Waals surface area contributed by atoms with Gasteiger partial charge < -0.3 is 9.88 Å². The summed E-state index contributed by atoms with van der Waals surface area (Å²) in [4.78, 5) is 13.0. The molecule has 0 aliphatic heterocycles. The van der Waals surface area contributed by atoms with E-state index in [0.29, 0.717) is 5.95 Å². The number of hydrogen-bond acceptors (Lipinski definition) is 2. The molecular formula is C7H12N4. The summed E-state index contributed by atoms with van der Waals surface area (Å²) in [5.74, 6) is 1.58. The molecule has 60 valence electrons. The van der Waals surface area contributed by atoms with Gasteiger partial charge >= 0.3 is 0 Å². The molecular weight excluding hydrogens is 140 g/mol. The van der Waals surface area contributed by atoms with Crippen molar-refractivity contribution < 1.29 is 0 Å². The van der Waals surface area contributed by atoms with E-state index in [9.17, 15) is 0 Å². The summed E-state index contributed by atoms with van der Waals surface area (Å²) < 4.78 is 0. The maximum absolute atomic E-state index is 4.19. The Morgan fingerprint density at radius 3 is 2.82 bits per heavy atom. The van der Waals surface area contributed by atoms with Crippen molar-refractivity contribution in [2.24, 2.45) is 4.99 Å². The molecule has 4 heteroatoms. The first-order valence-electron chi connectivity index (χ1n) is 3.42. The molecule has 0 fully saturated rings. The number of rotatable bonds is 1. The molecule has 0 aromatic carbocycles. The number of aromatic amines is 1. The maximum Gasteiger partial charge on any atom is 0.228 e. The number of nitrogens with one attached hydrogen (secondary N) is 1. The molecule has 0 atom stereocenters. The topological polar surface area (TPSA) is 44.3 Å². The Hall–Kier alpha value is -1.32. The van der Waals surface area contributed by atoms with Crippen molar-refractivity contribution in [3.05, 3.63) is 12.4 Å². The Bertz CT molecular complexity index is 235. The molecule has 0 unspecified atom stereocenters. The highest BCUT2D eigenvalue weighted by Gasteiger charge is 1.94. The lowest BCUT2D eigenvalue weighted by molar-refractivity contribution is 0.618. The number of H-pyrrole nitrogens is 1. The highest BCUT2D eigenvalue weighted by molar-refractivity contribution is 5.81. The van der Waals surface area contributed by atoms with Crippen LogP contribution in [0.1, 0.15) is 6.92 Å². The minimum absolute atomic E-state index is 0.649. The van der Waals surface area contributed by atoms with Gasteiger partial charge in [-0.1, -0.05) is 0 Å². The van der Waals surface area contributed by atoms with Crippen molar-refractivity contribution >= 4 is 11.8 Å². The lowest BCUT2D eigenvalue weighted by Crippen LogP contribution is -2.17. The van der Waals surface area contributed by atoms with Gasteiger partial charge in [0, 0.05) is 26.5 Å². The SMILES string of the molecule is C/C(=N\c1ncc[nH]1)N(C)C. The standard InChI is InChI=1S/C7H12N4/c1-6(11(2)3)10-7-8-4-5-9-7/h4-5H,1-3H3,(H,8,9)/b10-6+. The minimum atomic E-state index is 0.649. The Balaban J connectivity index is 2.74. The fourth-order valence-electron chi connectivity index (χ4n) is 0.571. The van der Waals surface area contributed by atoms with Crippen molar-refractivity contribution in [1.82, 2.24) is 14.9 Å². The second-order valence-corrected chi connectivity index (χ2v) is 2.47. The van der Waals surface area contributed by atoms with Crippen molar-refractivity contribution in [3.8, 4) is 0 Å². The van der Waals surface area contributed by atoms with Crippen LogP contribution in [-0.2, 0) is 0 Å². The molecule has 0 saturated heterocycles. The molecule has 0 amide bonds. The van der Waals surface area contributed by atoms with Crippen molar-refractivity contribution in [1.29, 1.82) is 0 Å². The van der Waals surface area contributed by atoms with Gasteiger partial charge in [-0.15, -0.1) is 0 Å². The van der Waals surface area contributed by atoms with Crippen LogP contribution in [0.5, 0.6) is 0 Å². The number of imidazole rings is 1. The van der Waals surface area contributed by atoms with Crippen LogP contribution in [0.25, 0.3) is 0 Å². The minimum Gasteiger partial charge on any atom is -0.366 e. The van der Waals surface area contributed by atoms with Crippen LogP contribution in [0.3, 0.4) is 0 Å². The van der Waals surface area contributed by atoms with Gasteiger partial charge in [0.25, 0.3) is 0 Å². The van der Waals surface area contributed by atoms with E-state index in [1.165, 1.54) is 0 Å². The summed E-state index contributed by atoms with van der Waals surface area (Å²) in [7, 11) is 3.89. The van der Waals surface area contributed by atoms with Crippen molar-refractivity contribution in [3.63, 3.8) is 0 Å². The molecule has 1 heterocycles. The second-order valence-electron chi connectivity index (χ2n) is 2.47. The van der Waals surface area contributed by atoms with E-state index >= 15 is 0 Å². The molecule has 1 aromatic rings. The molecule has 11 heavy (non-hydrogen) atoms. The van der Waals surface area contributed by atoms with E-state index in [0.717, 1.165) is 5.84 Å². The third-order valence-corrected chi connectivity index (χ3v) is 1.40. The smallest absolute Gasteiger partial charge is 0.228 e. The van der Waals surface area contributed by atoms with Crippen LogP contribution < -0.4 is 0 Å². The molecule has 0 aliphatic carbocycles. The molecule has 1 N–H and O–H groups in total. The molecule has 0 spiro atoms. The van der Waals surface area contributed by atoms with Crippen LogP contribution in [0, 0.1) is 0 Å². The fraction of sp³-hybridized carbons (Fsp3) is 0.429. The maximum atomic E-state index is 4.19. The van der Waals surface area contributed by atoms with E-state index in [4.69, 9.17) is 0 Å². The Morgan fingerprint density at radius 2 is 2.36 bits per heavy atom. The zero-order valence-corrected chi connectivity index (χ0v) is 7.00. The van der Waals surface area contributed by atoms with Gasteiger partial charge in [0.1, 0.15) is 5.84 Å². The number of hydrogen-bond donors (Lipinski definition) is 1. The number of amidine groups is 1. The lowest BCUT2D eigenvalue weighted by Gasteiger charge is -2.09. The summed E-state index contributed by atoms with van der Waals surface area (Å²) in [5, 5.41) is 0.